The Morgan fingerprint density at radius 1 is 1.15 bits per heavy atom. The average Bonchev–Trinajstić information content (AvgIpc) is 2.79. The SMILES string of the molecule is [2H]C1=C(c2ccccc2)[C@H]2CC[C@@H]1C2. The van der Waals surface area contributed by atoms with E-state index in [1.54, 1.807) is 0 Å². The van der Waals surface area contributed by atoms with Crippen molar-refractivity contribution in [2.45, 2.75) is 19.3 Å². The molecule has 1 fully saturated rings. The molecule has 66 valence electrons. The molecule has 0 N–H and O–H groups in total. The Labute approximate surface area is 80.7 Å². The Balaban J connectivity index is 2.07. The number of benzene rings is 1. The van der Waals surface area contributed by atoms with Crippen LogP contribution in [0.3, 0.4) is 0 Å². The first-order valence-electron chi connectivity index (χ1n) is 5.62. The number of hydrogen-bond donors (Lipinski definition) is 0. The minimum atomic E-state index is 0.579. The quantitative estimate of drug-likeness (QED) is 0.606. The second-order valence-electron chi connectivity index (χ2n) is 4.13. The van der Waals surface area contributed by atoms with Crippen molar-refractivity contribution in [2.24, 2.45) is 11.8 Å². The summed E-state index contributed by atoms with van der Waals surface area (Å²) in [4.78, 5) is 0. The molecule has 0 aromatic heterocycles. The Morgan fingerprint density at radius 2 is 2.00 bits per heavy atom. The first kappa shape index (κ1) is 6.42. The third-order valence-electron chi connectivity index (χ3n) is 3.29. The van der Waals surface area contributed by atoms with Crippen molar-refractivity contribution in [3.8, 4) is 0 Å². The lowest BCUT2D eigenvalue weighted by Crippen LogP contribution is -1.95. The van der Waals surface area contributed by atoms with E-state index in [9.17, 15) is 0 Å². The maximum atomic E-state index is 8.09. The van der Waals surface area contributed by atoms with Crippen molar-refractivity contribution in [3.05, 3.63) is 41.9 Å². The molecule has 0 unspecified atom stereocenters. The summed E-state index contributed by atoms with van der Waals surface area (Å²) < 4.78 is 8.09. The maximum Gasteiger partial charge on any atom is 0.0582 e. The number of rotatable bonds is 1. The van der Waals surface area contributed by atoms with Gasteiger partial charge in [0.1, 0.15) is 0 Å². The summed E-state index contributed by atoms with van der Waals surface area (Å²) in [6.45, 7) is 0. The molecule has 2 atom stereocenters. The standard InChI is InChI=1S/C13H14/c1-2-4-11(5-3-1)13-9-10-6-7-12(13)8-10/h1-5,9-10,12H,6-8H2/t10-,12+/m1/s1/i9D. The zero-order valence-electron chi connectivity index (χ0n) is 8.66. The highest BCUT2D eigenvalue weighted by atomic mass is 14.4. The maximum absolute atomic E-state index is 8.09. The van der Waals surface area contributed by atoms with Crippen molar-refractivity contribution in [1.29, 1.82) is 0 Å². The van der Waals surface area contributed by atoms with Gasteiger partial charge in [-0.25, -0.2) is 0 Å². The predicted molar refractivity (Wildman–Crippen MR) is 55.3 cm³/mol. The van der Waals surface area contributed by atoms with E-state index < -0.39 is 0 Å². The third-order valence-corrected chi connectivity index (χ3v) is 3.29. The molecule has 2 aliphatic carbocycles. The Morgan fingerprint density at radius 3 is 2.69 bits per heavy atom. The van der Waals surface area contributed by atoms with Crippen LogP contribution in [0.15, 0.2) is 36.4 Å². The number of fused-ring (bicyclic) bond motifs is 2. The Hall–Kier alpha value is -1.04. The van der Waals surface area contributed by atoms with Crippen LogP contribution in [0.5, 0.6) is 0 Å². The molecule has 1 aromatic rings. The minimum absolute atomic E-state index is 0.579. The highest BCUT2D eigenvalue weighted by molar-refractivity contribution is 5.70. The van der Waals surface area contributed by atoms with Crippen molar-refractivity contribution >= 4 is 5.57 Å². The van der Waals surface area contributed by atoms with Crippen molar-refractivity contribution in [3.63, 3.8) is 0 Å². The van der Waals surface area contributed by atoms with E-state index in [4.69, 9.17) is 1.37 Å². The van der Waals surface area contributed by atoms with Gasteiger partial charge >= 0.3 is 0 Å². The first-order valence-corrected chi connectivity index (χ1v) is 5.12. The monoisotopic (exact) mass is 171 g/mol. The third kappa shape index (κ3) is 1.13. The molecule has 0 spiro atoms. The lowest BCUT2D eigenvalue weighted by molar-refractivity contribution is 0.695. The highest BCUT2D eigenvalue weighted by Crippen LogP contribution is 2.47. The summed E-state index contributed by atoms with van der Waals surface area (Å²) in [5, 5.41) is 0. The van der Waals surface area contributed by atoms with Crippen LogP contribution < -0.4 is 0 Å². The van der Waals surface area contributed by atoms with Crippen LogP contribution in [0, 0.1) is 11.8 Å². The van der Waals surface area contributed by atoms with E-state index in [0.29, 0.717) is 11.8 Å². The van der Waals surface area contributed by atoms with Gasteiger partial charge in [-0.15, -0.1) is 0 Å². The summed E-state index contributed by atoms with van der Waals surface area (Å²) in [7, 11) is 0. The topological polar surface area (TPSA) is 0 Å². The molecule has 1 saturated carbocycles. The lowest BCUT2D eigenvalue weighted by Gasteiger charge is -2.12. The number of allylic oxidation sites excluding steroid dienone is 2. The molecule has 2 aliphatic rings. The summed E-state index contributed by atoms with van der Waals surface area (Å²) in [6, 6.07) is 11.4. The molecule has 13 heavy (non-hydrogen) atoms. The van der Waals surface area contributed by atoms with Crippen molar-refractivity contribution in [2.75, 3.05) is 0 Å². The largest absolute Gasteiger partial charge is 0.0773 e. The molecular weight excluding hydrogens is 156 g/mol. The van der Waals surface area contributed by atoms with E-state index in [1.165, 1.54) is 30.4 Å². The van der Waals surface area contributed by atoms with Crippen LogP contribution in [0.1, 0.15) is 26.2 Å². The smallest absolute Gasteiger partial charge is 0.0582 e. The van der Waals surface area contributed by atoms with E-state index in [1.807, 2.05) is 6.07 Å². The zero-order chi connectivity index (χ0) is 9.54. The molecule has 0 amide bonds. The van der Waals surface area contributed by atoms with Gasteiger partial charge < -0.3 is 0 Å². The second kappa shape index (κ2) is 2.73. The van der Waals surface area contributed by atoms with Gasteiger partial charge in [-0.05, 0) is 42.2 Å². The molecular formula is C13H14. The van der Waals surface area contributed by atoms with E-state index in [-0.39, 0.29) is 0 Å². The Bertz CT molecular complexity index is 377. The average molecular weight is 171 g/mol. The molecule has 0 heteroatoms. The van der Waals surface area contributed by atoms with Gasteiger partial charge in [0.25, 0.3) is 0 Å². The van der Waals surface area contributed by atoms with Crippen LogP contribution in [-0.4, -0.2) is 0 Å². The number of hydrogen-bond acceptors (Lipinski definition) is 0. The molecule has 1 aromatic carbocycles. The first-order chi connectivity index (χ1) is 6.86. The van der Waals surface area contributed by atoms with Crippen LogP contribution >= 0.6 is 0 Å². The second-order valence-corrected chi connectivity index (χ2v) is 4.13. The molecule has 0 heterocycles. The minimum Gasteiger partial charge on any atom is -0.0773 e. The summed E-state index contributed by atoms with van der Waals surface area (Å²) in [5.74, 6) is 1.27. The van der Waals surface area contributed by atoms with E-state index in [0.717, 1.165) is 6.05 Å². The van der Waals surface area contributed by atoms with Crippen LogP contribution in [0.4, 0.5) is 0 Å². The molecule has 2 bridgehead atoms. The van der Waals surface area contributed by atoms with Crippen LogP contribution in [-0.2, 0) is 0 Å². The van der Waals surface area contributed by atoms with Crippen molar-refractivity contribution < 1.29 is 1.37 Å². The van der Waals surface area contributed by atoms with Crippen molar-refractivity contribution in [1.82, 2.24) is 0 Å². The normalized spacial score (nSPS) is 32.5. The molecule has 0 nitrogen and oxygen atoms in total. The van der Waals surface area contributed by atoms with E-state index >= 15 is 0 Å². The fourth-order valence-corrected chi connectivity index (χ4v) is 2.65. The fourth-order valence-electron chi connectivity index (χ4n) is 2.65. The van der Waals surface area contributed by atoms with Gasteiger partial charge in [0.2, 0.25) is 0 Å². The van der Waals surface area contributed by atoms with Gasteiger partial charge in [0.15, 0.2) is 0 Å². The summed E-state index contributed by atoms with van der Waals surface area (Å²) >= 11 is 0. The molecule has 3 rings (SSSR count). The predicted octanol–water partition coefficient (Wildman–Crippen LogP) is 3.50. The van der Waals surface area contributed by atoms with E-state index in [2.05, 4.69) is 24.3 Å². The fraction of sp³-hybridized carbons (Fsp3) is 0.385. The summed E-state index contributed by atoms with van der Waals surface area (Å²) in [6.07, 6.45) is 3.79. The molecule has 0 saturated heterocycles. The van der Waals surface area contributed by atoms with Gasteiger partial charge in [-0.1, -0.05) is 36.4 Å². The molecule has 0 aliphatic heterocycles. The lowest BCUT2D eigenvalue weighted by atomic mass is 9.92. The van der Waals surface area contributed by atoms with Gasteiger partial charge in [0.05, 0.1) is 1.37 Å². The summed E-state index contributed by atoms with van der Waals surface area (Å²) in [5.41, 5.74) is 2.62. The van der Waals surface area contributed by atoms with Gasteiger partial charge in [0, 0.05) is 0 Å². The van der Waals surface area contributed by atoms with Gasteiger partial charge in [-0.2, -0.15) is 0 Å². The van der Waals surface area contributed by atoms with Crippen LogP contribution in [0.25, 0.3) is 5.57 Å². The highest BCUT2D eigenvalue weighted by Gasteiger charge is 2.32. The zero-order valence-corrected chi connectivity index (χ0v) is 7.66. The Kier molecular flexibility index (Phi) is 1.35. The van der Waals surface area contributed by atoms with Crippen LogP contribution in [0.2, 0.25) is 0 Å². The molecule has 0 radical (unpaired) electrons. The van der Waals surface area contributed by atoms with Gasteiger partial charge in [-0.3, -0.25) is 0 Å².